The number of ether oxygens (including phenoxy) is 2. The van der Waals surface area contributed by atoms with Crippen molar-refractivity contribution in [3.8, 4) is 0 Å². The summed E-state index contributed by atoms with van der Waals surface area (Å²) < 4.78 is 9.97. The summed E-state index contributed by atoms with van der Waals surface area (Å²) in [5, 5.41) is 37.4. The van der Waals surface area contributed by atoms with E-state index in [0.29, 0.717) is 6.08 Å². The van der Waals surface area contributed by atoms with Gasteiger partial charge >= 0.3 is 11.9 Å². The van der Waals surface area contributed by atoms with Gasteiger partial charge < -0.3 is 29.9 Å². The number of carbonyl (C=O) groups excluding carboxylic acids is 1. The van der Waals surface area contributed by atoms with Gasteiger partial charge in [-0.1, -0.05) is 13.8 Å². The van der Waals surface area contributed by atoms with Crippen molar-refractivity contribution in [2.24, 2.45) is 11.8 Å². The predicted octanol–water partition coefficient (Wildman–Crippen LogP) is -1.12. The van der Waals surface area contributed by atoms with E-state index < -0.39 is 42.5 Å². The number of aliphatic hydroxyl groups excluding tert-OH is 3. The van der Waals surface area contributed by atoms with Crippen LogP contribution >= 0.6 is 0 Å². The molecule has 0 aromatic heterocycles. The van der Waals surface area contributed by atoms with Crippen LogP contribution in [0.15, 0.2) is 12.2 Å². The Bertz CT molecular complexity index is 405. The van der Waals surface area contributed by atoms with Crippen LogP contribution in [0.2, 0.25) is 0 Å². The molecule has 0 aromatic carbocycles. The molecule has 1 rings (SSSR count). The first-order valence-corrected chi connectivity index (χ1v) is 6.51. The maximum atomic E-state index is 11.3. The second-order valence-electron chi connectivity index (χ2n) is 5.17. The number of aliphatic hydroxyl groups is 3. The van der Waals surface area contributed by atoms with Crippen LogP contribution in [0.5, 0.6) is 0 Å². The molecule has 1 aliphatic heterocycles. The minimum atomic E-state index is -1.58. The van der Waals surface area contributed by atoms with Crippen LogP contribution in [-0.4, -0.2) is 63.6 Å². The zero-order valence-electron chi connectivity index (χ0n) is 11.7. The molecule has 0 radical (unpaired) electrons. The third-order valence-corrected chi connectivity index (χ3v) is 3.30. The maximum Gasteiger partial charge on any atom is 0.331 e. The van der Waals surface area contributed by atoms with Gasteiger partial charge in [0.15, 0.2) is 6.29 Å². The van der Waals surface area contributed by atoms with Crippen LogP contribution < -0.4 is 0 Å². The molecular formula is C13H20O8. The summed E-state index contributed by atoms with van der Waals surface area (Å²) in [4.78, 5) is 21.6. The summed E-state index contributed by atoms with van der Waals surface area (Å²) in [6.45, 7) is 3.31. The first-order valence-electron chi connectivity index (χ1n) is 6.51. The number of esters is 1. The molecule has 1 saturated heterocycles. The summed E-state index contributed by atoms with van der Waals surface area (Å²) in [5.41, 5.74) is 0. The minimum Gasteiger partial charge on any atom is -0.478 e. The van der Waals surface area contributed by atoms with E-state index in [1.165, 1.54) is 0 Å². The molecule has 1 fully saturated rings. The van der Waals surface area contributed by atoms with Crippen LogP contribution in [0.3, 0.4) is 0 Å². The Morgan fingerprint density at radius 2 is 1.81 bits per heavy atom. The normalized spacial score (nSPS) is 33.3. The first kappa shape index (κ1) is 17.6. The van der Waals surface area contributed by atoms with Gasteiger partial charge in [-0.2, -0.15) is 0 Å². The van der Waals surface area contributed by atoms with Crippen molar-refractivity contribution in [3.05, 3.63) is 12.2 Å². The molecule has 21 heavy (non-hydrogen) atoms. The highest BCUT2D eigenvalue weighted by Crippen LogP contribution is 2.31. The lowest BCUT2D eigenvalue weighted by Gasteiger charge is -2.42. The van der Waals surface area contributed by atoms with Gasteiger partial charge in [0.1, 0.15) is 18.8 Å². The van der Waals surface area contributed by atoms with Gasteiger partial charge in [-0.25, -0.2) is 9.59 Å². The van der Waals surface area contributed by atoms with E-state index in [1.807, 2.05) is 0 Å². The molecule has 8 heteroatoms. The van der Waals surface area contributed by atoms with Gasteiger partial charge in [0.2, 0.25) is 0 Å². The molecule has 8 nitrogen and oxygen atoms in total. The Hall–Kier alpha value is -1.48. The molecule has 0 aliphatic carbocycles. The van der Waals surface area contributed by atoms with Crippen LogP contribution in [0.1, 0.15) is 13.8 Å². The van der Waals surface area contributed by atoms with Gasteiger partial charge in [0.05, 0.1) is 6.10 Å². The Balaban J connectivity index is 2.66. The second kappa shape index (κ2) is 7.51. The van der Waals surface area contributed by atoms with Gasteiger partial charge in [-0.05, 0) is 5.92 Å². The number of hydrogen-bond donors (Lipinski definition) is 4. The Kier molecular flexibility index (Phi) is 6.28. The quantitative estimate of drug-likeness (QED) is 0.371. The number of carboxylic acid groups (broad SMARTS) is 1. The molecule has 4 N–H and O–H groups in total. The topological polar surface area (TPSA) is 134 Å². The van der Waals surface area contributed by atoms with E-state index in [0.717, 1.165) is 6.08 Å². The molecule has 0 saturated carbocycles. The molecule has 5 unspecified atom stereocenters. The third-order valence-electron chi connectivity index (χ3n) is 3.30. The summed E-state index contributed by atoms with van der Waals surface area (Å²) in [5.74, 6) is -2.80. The Morgan fingerprint density at radius 3 is 2.33 bits per heavy atom. The van der Waals surface area contributed by atoms with Gasteiger partial charge in [-0.15, -0.1) is 0 Å². The van der Waals surface area contributed by atoms with Crippen molar-refractivity contribution in [1.82, 2.24) is 0 Å². The maximum absolute atomic E-state index is 11.3. The number of carbonyl (C=O) groups is 2. The van der Waals surface area contributed by atoms with Gasteiger partial charge in [-0.3, -0.25) is 0 Å². The summed E-state index contributed by atoms with van der Waals surface area (Å²) >= 11 is 0. The molecule has 120 valence electrons. The van der Waals surface area contributed by atoms with E-state index in [9.17, 15) is 24.9 Å². The minimum absolute atomic E-state index is 0.0968. The fourth-order valence-electron chi connectivity index (χ4n) is 2.29. The highest BCUT2D eigenvalue weighted by atomic mass is 16.6. The molecule has 1 aliphatic rings. The smallest absolute Gasteiger partial charge is 0.331 e. The van der Waals surface area contributed by atoms with Crippen molar-refractivity contribution >= 4 is 11.9 Å². The van der Waals surface area contributed by atoms with E-state index >= 15 is 0 Å². The lowest BCUT2D eigenvalue weighted by molar-refractivity contribution is -0.280. The van der Waals surface area contributed by atoms with Crippen LogP contribution in [-0.2, 0) is 19.1 Å². The largest absolute Gasteiger partial charge is 0.478 e. The van der Waals surface area contributed by atoms with Crippen molar-refractivity contribution < 1.29 is 39.5 Å². The highest BCUT2D eigenvalue weighted by molar-refractivity contribution is 5.90. The van der Waals surface area contributed by atoms with Crippen LogP contribution in [0.4, 0.5) is 0 Å². The SMILES string of the molecule is CC(C)C1C(COC(=O)/C=C/C(=O)O)OC(O)C(O)C1O. The Labute approximate surface area is 121 Å². The molecular weight excluding hydrogens is 284 g/mol. The zero-order valence-corrected chi connectivity index (χ0v) is 11.7. The van der Waals surface area contributed by atoms with Crippen LogP contribution in [0, 0.1) is 11.8 Å². The van der Waals surface area contributed by atoms with E-state index in [2.05, 4.69) is 0 Å². The fraction of sp³-hybridized carbons (Fsp3) is 0.692. The number of rotatable bonds is 5. The Morgan fingerprint density at radius 1 is 1.19 bits per heavy atom. The predicted molar refractivity (Wildman–Crippen MR) is 69.0 cm³/mol. The van der Waals surface area contributed by atoms with Gasteiger partial charge in [0.25, 0.3) is 0 Å². The van der Waals surface area contributed by atoms with Crippen LogP contribution in [0.25, 0.3) is 0 Å². The molecule has 0 bridgehead atoms. The number of carboxylic acids is 1. The average molecular weight is 304 g/mol. The number of aliphatic carboxylic acids is 1. The van der Waals surface area contributed by atoms with Crippen molar-refractivity contribution in [2.45, 2.75) is 38.4 Å². The molecule has 0 spiro atoms. The fourth-order valence-corrected chi connectivity index (χ4v) is 2.29. The third kappa shape index (κ3) is 4.78. The number of hydrogen-bond acceptors (Lipinski definition) is 7. The average Bonchev–Trinajstić information content (AvgIpc) is 2.39. The van der Waals surface area contributed by atoms with Gasteiger partial charge in [0, 0.05) is 18.1 Å². The van der Waals surface area contributed by atoms with E-state index in [1.54, 1.807) is 13.8 Å². The van der Waals surface area contributed by atoms with Crippen molar-refractivity contribution in [1.29, 1.82) is 0 Å². The van der Waals surface area contributed by atoms with E-state index in [4.69, 9.17) is 14.6 Å². The standard InChI is InChI=1S/C13H20O8/c1-6(2)10-7(21-13(19)12(18)11(10)17)5-20-9(16)4-3-8(14)15/h3-4,6-7,10-13,17-19H,5H2,1-2H3,(H,14,15)/b4-3+. The second-order valence-corrected chi connectivity index (χ2v) is 5.17. The first-order chi connectivity index (χ1) is 9.73. The molecule has 0 aromatic rings. The lowest BCUT2D eigenvalue weighted by Crippen LogP contribution is -2.57. The van der Waals surface area contributed by atoms with Crippen molar-refractivity contribution in [3.63, 3.8) is 0 Å². The summed E-state index contributed by atoms with van der Waals surface area (Å²) in [6, 6.07) is 0. The van der Waals surface area contributed by atoms with Crippen molar-refractivity contribution in [2.75, 3.05) is 6.61 Å². The van der Waals surface area contributed by atoms with E-state index in [-0.39, 0.29) is 12.5 Å². The summed E-state index contributed by atoms with van der Waals surface area (Å²) in [6.07, 6.45) is -3.65. The molecule has 1 heterocycles. The zero-order chi connectivity index (χ0) is 16.2. The lowest BCUT2D eigenvalue weighted by atomic mass is 9.81. The monoisotopic (exact) mass is 304 g/mol. The summed E-state index contributed by atoms with van der Waals surface area (Å²) in [7, 11) is 0. The molecule has 5 atom stereocenters. The highest BCUT2D eigenvalue weighted by Gasteiger charge is 2.45. The molecule has 0 amide bonds.